The SMILES string of the molecule is COC(=O)[C@@H]1CCCN(C(=O)[C@H](C)NC(=O)[C@@H](NC(=O)CCOC(C)(C)OCC/C=C/c2ccc3ccc([C@@H](C)OC(C)=O)nc3c2)C(C)C)N1. The molecule has 0 aliphatic carbocycles. The Morgan fingerprint density at radius 1 is 1.04 bits per heavy atom. The zero-order chi connectivity index (χ0) is 37.7. The van der Waals surface area contributed by atoms with Crippen LogP contribution >= 0.6 is 0 Å². The maximum atomic E-state index is 13.1. The molecule has 1 saturated heterocycles. The van der Waals surface area contributed by atoms with Crippen LogP contribution in [0.15, 0.2) is 36.4 Å². The minimum atomic E-state index is -0.948. The van der Waals surface area contributed by atoms with Gasteiger partial charge in [0, 0.05) is 18.9 Å². The third-order valence-electron chi connectivity index (χ3n) is 8.25. The van der Waals surface area contributed by atoms with E-state index >= 15 is 0 Å². The van der Waals surface area contributed by atoms with Crippen LogP contribution < -0.4 is 16.1 Å². The first-order valence-electron chi connectivity index (χ1n) is 17.4. The molecule has 51 heavy (non-hydrogen) atoms. The number of hydrazine groups is 1. The van der Waals surface area contributed by atoms with Crippen LogP contribution in [0.4, 0.5) is 0 Å². The molecule has 14 heteroatoms. The second-order valence-corrected chi connectivity index (χ2v) is 13.3. The van der Waals surface area contributed by atoms with Gasteiger partial charge in [0.15, 0.2) is 5.79 Å². The molecule has 3 rings (SSSR count). The van der Waals surface area contributed by atoms with Crippen LogP contribution in [-0.4, -0.2) is 90.4 Å². The minimum absolute atomic E-state index is 0.00165. The second kappa shape index (κ2) is 19.3. The zero-order valence-electron chi connectivity index (χ0n) is 30.9. The highest BCUT2D eigenvalue weighted by Crippen LogP contribution is 2.21. The van der Waals surface area contributed by atoms with E-state index in [1.54, 1.807) is 41.5 Å². The summed E-state index contributed by atoms with van der Waals surface area (Å²) in [5, 5.41) is 7.75. The number of benzene rings is 1. The first-order valence-corrected chi connectivity index (χ1v) is 17.4. The van der Waals surface area contributed by atoms with Crippen molar-refractivity contribution in [1.82, 2.24) is 26.1 Å². The van der Waals surface area contributed by atoms with Crippen molar-refractivity contribution in [2.24, 2.45) is 5.92 Å². The fraction of sp³-hybridized carbons (Fsp3) is 0.568. The van der Waals surface area contributed by atoms with E-state index in [1.807, 2.05) is 42.5 Å². The number of aromatic nitrogens is 1. The quantitative estimate of drug-likeness (QED) is 0.124. The number of hydrogen-bond donors (Lipinski definition) is 3. The van der Waals surface area contributed by atoms with Crippen LogP contribution in [0.2, 0.25) is 0 Å². The third-order valence-corrected chi connectivity index (χ3v) is 8.25. The average molecular weight is 712 g/mol. The van der Waals surface area contributed by atoms with Crippen LogP contribution in [0.5, 0.6) is 0 Å². The molecule has 14 nitrogen and oxygen atoms in total. The number of carbonyl (C=O) groups is 5. The lowest BCUT2D eigenvalue weighted by atomic mass is 10.0. The molecular formula is C37H53N5O9. The van der Waals surface area contributed by atoms with Crippen LogP contribution in [0, 0.1) is 5.92 Å². The topological polar surface area (TPSA) is 174 Å². The largest absolute Gasteiger partial charge is 0.468 e. The Morgan fingerprint density at radius 2 is 1.75 bits per heavy atom. The minimum Gasteiger partial charge on any atom is -0.468 e. The number of esters is 2. The molecule has 3 N–H and O–H groups in total. The highest BCUT2D eigenvalue weighted by atomic mass is 16.7. The van der Waals surface area contributed by atoms with Crippen molar-refractivity contribution in [2.45, 2.75) is 104 Å². The van der Waals surface area contributed by atoms with Gasteiger partial charge >= 0.3 is 11.9 Å². The molecule has 1 aliphatic heterocycles. The smallest absolute Gasteiger partial charge is 0.324 e. The molecule has 0 saturated carbocycles. The summed E-state index contributed by atoms with van der Waals surface area (Å²) in [5.41, 5.74) is 5.31. The Hall–Kier alpha value is -4.40. The van der Waals surface area contributed by atoms with Crippen molar-refractivity contribution >= 4 is 46.6 Å². The molecule has 0 spiro atoms. The Morgan fingerprint density at radius 3 is 2.43 bits per heavy atom. The molecule has 0 unspecified atom stereocenters. The Balaban J connectivity index is 1.41. The number of carbonyl (C=O) groups excluding carboxylic acids is 5. The fourth-order valence-electron chi connectivity index (χ4n) is 5.45. The van der Waals surface area contributed by atoms with E-state index in [0.29, 0.717) is 38.1 Å². The van der Waals surface area contributed by atoms with Crippen LogP contribution in [0.3, 0.4) is 0 Å². The summed E-state index contributed by atoms with van der Waals surface area (Å²) in [6, 6.07) is 7.37. The summed E-state index contributed by atoms with van der Waals surface area (Å²) in [6.07, 6.45) is 5.30. The molecule has 3 amide bonds. The van der Waals surface area contributed by atoms with Crippen molar-refractivity contribution in [1.29, 1.82) is 0 Å². The van der Waals surface area contributed by atoms with Crippen molar-refractivity contribution in [2.75, 3.05) is 26.9 Å². The number of rotatable bonds is 17. The lowest BCUT2D eigenvalue weighted by Gasteiger charge is -2.34. The van der Waals surface area contributed by atoms with Gasteiger partial charge < -0.3 is 29.6 Å². The number of methoxy groups -OCH3 is 1. The number of nitrogens with zero attached hydrogens (tertiary/aromatic N) is 2. The molecule has 0 radical (unpaired) electrons. The van der Waals surface area contributed by atoms with Crippen molar-refractivity contribution in [3.63, 3.8) is 0 Å². The van der Waals surface area contributed by atoms with Gasteiger partial charge in [0.25, 0.3) is 5.91 Å². The summed E-state index contributed by atoms with van der Waals surface area (Å²) >= 11 is 0. The maximum absolute atomic E-state index is 13.1. The normalized spacial score (nSPS) is 16.8. The number of amides is 3. The molecule has 1 aliphatic rings. The van der Waals surface area contributed by atoms with Gasteiger partial charge in [-0.15, -0.1) is 0 Å². The lowest BCUT2D eigenvalue weighted by molar-refractivity contribution is -0.212. The highest BCUT2D eigenvalue weighted by Gasteiger charge is 2.33. The van der Waals surface area contributed by atoms with E-state index in [2.05, 4.69) is 21.0 Å². The van der Waals surface area contributed by atoms with E-state index in [0.717, 1.165) is 16.5 Å². The molecule has 2 aromatic rings. The monoisotopic (exact) mass is 711 g/mol. The summed E-state index contributed by atoms with van der Waals surface area (Å²) < 4.78 is 21.8. The number of ether oxygens (including phenoxy) is 4. The molecular weight excluding hydrogens is 658 g/mol. The Labute approximate surface area is 299 Å². The number of pyridine rings is 1. The summed E-state index contributed by atoms with van der Waals surface area (Å²) in [4.78, 5) is 66.7. The van der Waals surface area contributed by atoms with Gasteiger partial charge in [0.05, 0.1) is 38.0 Å². The molecule has 4 atom stereocenters. The van der Waals surface area contributed by atoms with Gasteiger partial charge in [-0.1, -0.05) is 44.2 Å². The second-order valence-electron chi connectivity index (χ2n) is 13.3. The van der Waals surface area contributed by atoms with Gasteiger partial charge in [-0.2, -0.15) is 0 Å². The summed E-state index contributed by atoms with van der Waals surface area (Å²) in [6.45, 7) is 12.7. The number of hydrogen-bond acceptors (Lipinski definition) is 11. The van der Waals surface area contributed by atoms with Gasteiger partial charge in [0.2, 0.25) is 11.8 Å². The van der Waals surface area contributed by atoms with Crippen molar-refractivity contribution in [3.8, 4) is 0 Å². The fourth-order valence-corrected chi connectivity index (χ4v) is 5.45. The van der Waals surface area contributed by atoms with Crippen LogP contribution in [0.1, 0.15) is 91.5 Å². The summed E-state index contributed by atoms with van der Waals surface area (Å²) in [5.74, 6) is -3.28. The molecule has 0 bridgehead atoms. The first kappa shape index (κ1) is 41.0. The standard InChI is InChI=1S/C37H53N5O9/c1-23(2)33(34(45)38-24(3)35(46)42-19-11-13-30(41-42)36(47)48-8)40-32(44)18-21-50-37(6,7)49-20-10-9-12-27-14-15-28-16-17-29(39-31(28)22-27)25(4)51-26(5)43/h9,12,14-17,22-25,30,33,41H,10-11,13,18-21H2,1-8H3,(H,38,45)(H,40,44)/b12-9+/t24-,25+,30-,33-/m0/s1. The first-order chi connectivity index (χ1) is 24.1. The third kappa shape index (κ3) is 13.0. The molecule has 1 aromatic heterocycles. The highest BCUT2D eigenvalue weighted by molar-refractivity contribution is 5.92. The zero-order valence-corrected chi connectivity index (χ0v) is 30.9. The molecule has 280 valence electrons. The Kier molecular flexibility index (Phi) is 15.5. The van der Waals surface area contributed by atoms with E-state index in [-0.39, 0.29) is 30.8 Å². The maximum Gasteiger partial charge on any atom is 0.324 e. The predicted molar refractivity (Wildman–Crippen MR) is 190 cm³/mol. The molecule has 2 heterocycles. The van der Waals surface area contributed by atoms with Gasteiger partial charge in [0.1, 0.15) is 24.2 Å². The van der Waals surface area contributed by atoms with E-state index in [4.69, 9.17) is 18.9 Å². The Bertz CT molecular complexity index is 1560. The average Bonchev–Trinajstić information content (AvgIpc) is 3.08. The number of nitrogens with one attached hydrogen (secondary N) is 3. The predicted octanol–water partition coefficient (Wildman–Crippen LogP) is 3.74. The van der Waals surface area contributed by atoms with E-state index in [9.17, 15) is 24.0 Å². The van der Waals surface area contributed by atoms with Crippen molar-refractivity contribution < 1.29 is 42.9 Å². The molecule has 1 aromatic carbocycles. The van der Waals surface area contributed by atoms with Gasteiger partial charge in [-0.25, -0.2) is 10.4 Å². The van der Waals surface area contributed by atoms with Crippen molar-refractivity contribution in [3.05, 3.63) is 47.7 Å². The van der Waals surface area contributed by atoms with Gasteiger partial charge in [-0.3, -0.25) is 29.0 Å². The summed E-state index contributed by atoms with van der Waals surface area (Å²) in [7, 11) is 1.29. The molecule has 1 fully saturated rings. The lowest BCUT2D eigenvalue weighted by Crippen LogP contribution is -2.60. The van der Waals surface area contributed by atoms with Crippen LogP contribution in [0.25, 0.3) is 17.0 Å². The van der Waals surface area contributed by atoms with Crippen LogP contribution in [-0.2, 0) is 42.9 Å². The van der Waals surface area contributed by atoms with E-state index in [1.165, 1.54) is 19.0 Å². The van der Waals surface area contributed by atoms with Gasteiger partial charge in [-0.05, 0) is 70.6 Å². The van der Waals surface area contributed by atoms with E-state index < -0.39 is 47.8 Å². The number of fused-ring (bicyclic) bond motifs is 1.